The number of esters is 1. The van der Waals surface area contributed by atoms with Gasteiger partial charge in [0.15, 0.2) is 0 Å². The van der Waals surface area contributed by atoms with Crippen molar-refractivity contribution in [2.45, 2.75) is 19.8 Å². The van der Waals surface area contributed by atoms with Crippen molar-refractivity contribution >= 4 is 17.4 Å². The summed E-state index contributed by atoms with van der Waals surface area (Å²) in [5.41, 5.74) is 1.36. The molecule has 2 aromatic rings. The Hall–Kier alpha value is -3.02. The summed E-state index contributed by atoms with van der Waals surface area (Å²) < 4.78 is 5.08. The Bertz CT molecular complexity index is 755. The number of carbonyl (C=O) groups excluding carboxylic acids is 2. The summed E-state index contributed by atoms with van der Waals surface area (Å²) in [7, 11) is 0. The van der Waals surface area contributed by atoms with Crippen LogP contribution < -0.4 is 0 Å². The number of nitro groups is 1. The Labute approximate surface area is 145 Å². The quantitative estimate of drug-likeness (QED) is 0.333. The molecule has 0 saturated heterocycles. The van der Waals surface area contributed by atoms with Crippen molar-refractivity contribution in [2.24, 2.45) is 5.92 Å². The molecule has 0 radical (unpaired) electrons. The van der Waals surface area contributed by atoms with E-state index in [0.717, 1.165) is 5.56 Å². The summed E-state index contributed by atoms with van der Waals surface area (Å²) in [4.78, 5) is 35.0. The van der Waals surface area contributed by atoms with Crippen LogP contribution >= 0.6 is 0 Å². The number of hydrogen-bond acceptors (Lipinski definition) is 5. The van der Waals surface area contributed by atoms with Gasteiger partial charge in [0, 0.05) is 18.1 Å². The van der Waals surface area contributed by atoms with E-state index in [2.05, 4.69) is 0 Å². The lowest BCUT2D eigenvalue weighted by Gasteiger charge is -2.24. The van der Waals surface area contributed by atoms with Crippen molar-refractivity contribution in [3.8, 4) is 0 Å². The molecule has 0 heterocycles. The Morgan fingerprint density at radius 3 is 2.08 bits per heavy atom. The molecule has 0 fully saturated rings. The van der Waals surface area contributed by atoms with Crippen LogP contribution in [0.2, 0.25) is 0 Å². The van der Waals surface area contributed by atoms with Gasteiger partial charge in [-0.1, -0.05) is 42.5 Å². The van der Waals surface area contributed by atoms with E-state index in [1.807, 2.05) is 30.3 Å². The van der Waals surface area contributed by atoms with Crippen LogP contribution in [0.5, 0.6) is 0 Å². The SMILES string of the molecule is CCOC(=O)C(C(C)=O)C(c1ccccc1)c1ccc([N+](=O)[O-])cc1. The van der Waals surface area contributed by atoms with E-state index >= 15 is 0 Å². The van der Waals surface area contributed by atoms with Crippen LogP contribution in [0.25, 0.3) is 0 Å². The molecule has 2 atom stereocenters. The third-order valence-corrected chi connectivity index (χ3v) is 3.93. The molecule has 0 bridgehead atoms. The number of ether oxygens (including phenoxy) is 1. The van der Waals surface area contributed by atoms with Crippen molar-refractivity contribution in [1.29, 1.82) is 0 Å². The minimum Gasteiger partial charge on any atom is -0.465 e. The van der Waals surface area contributed by atoms with Crippen molar-refractivity contribution in [3.05, 3.63) is 75.8 Å². The smallest absolute Gasteiger partial charge is 0.317 e. The van der Waals surface area contributed by atoms with Crippen LogP contribution in [0.15, 0.2) is 54.6 Å². The van der Waals surface area contributed by atoms with E-state index in [0.29, 0.717) is 5.56 Å². The minimum absolute atomic E-state index is 0.0499. The molecular formula is C19H19NO5. The lowest BCUT2D eigenvalue weighted by molar-refractivity contribution is -0.384. The molecule has 0 aromatic heterocycles. The maximum Gasteiger partial charge on any atom is 0.317 e. The van der Waals surface area contributed by atoms with Gasteiger partial charge in [0.05, 0.1) is 11.5 Å². The van der Waals surface area contributed by atoms with Gasteiger partial charge in [-0.25, -0.2) is 0 Å². The fourth-order valence-electron chi connectivity index (χ4n) is 2.81. The summed E-state index contributed by atoms with van der Waals surface area (Å²) in [5.74, 6) is -2.49. The third-order valence-electron chi connectivity index (χ3n) is 3.93. The average Bonchev–Trinajstić information content (AvgIpc) is 2.60. The van der Waals surface area contributed by atoms with Gasteiger partial charge >= 0.3 is 5.97 Å². The highest BCUT2D eigenvalue weighted by Crippen LogP contribution is 2.34. The molecule has 2 aromatic carbocycles. The van der Waals surface area contributed by atoms with E-state index in [-0.39, 0.29) is 18.1 Å². The maximum absolute atomic E-state index is 12.4. The molecule has 2 rings (SSSR count). The molecule has 0 N–H and O–H groups in total. The molecule has 2 unspecified atom stereocenters. The number of carbonyl (C=O) groups is 2. The first-order chi connectivity index (χ1) is 12.0. The van der Waals surface area contributed by atoms with Gasteiger partial charge in [0.1, 0.15) is 11.7 Å². The van der Waals surface area contributed by atoms with Crippen LogP contribution in [0.4, 0.5) is 5.69 Å². The molecule has 0 aliphatic carbocycles. The molecule has 0 aliphatic rings. The van der Waals surface area contributed by atoms with E-state index in [1.54, 1.807) is 19.1 Å². The van der Waals surface area contributed by atoms with E-state index in [4.69, 9.17) is 4.74 Å². The first-order valence-corrected chi connectivity index (χ1v) is 7.92. The predicted octanol–water partition coefficient (Wildman–Crippen LogP) is 3.50. The first kappa shape index (κ1) is 18.3. The predicted molar refractivity (Wildman–Crippen MR) is 92.2 cm³/mol. The summed E-state index contributed by atoms with van der Waals surface area (Å²) >= 11 is 0. The van der Waals surface area contributed by atoms with Gasteiger partial charge in [-0.2, -0.15) is 0 Å². The van der Waals surface area contributed by atoms with E-state index in [9.17, 15) is 19.7 Å². The van der Waals surface area contributed by atoms with Crippen LogP contribution in [0.3, 0.4) is 0 Å². The molecule has 25 heavy (non-hydrogen) atoms. The Morgan fingerprint density at radius 1 is 1.04 bits per heavy atom. The first-order valence-electron chi connectivity index (χ1n) is 7.92. The van der Waals surface area contributed by atoms with Crippen LogP contribution in [-0.4, -0.2) is 23.3 Å². The number of ketones is 1. The summed E-state index contributed by atoms with van der Waals surface area (Å²) in [6, 6.07) is 15.0. The zero-order chi connectivity index (χ0) is 18.4. The largest absolute Gasteiger partial charge is 0.465 e. The fourth-order valence-corrected chi connectivity index (χ4v) is 2.81. The zero-order valence-electron chi connectivity index (χ0n) is 14.0. The molecule has 0 saturated carbocycles. The number of non-ortho nitro benzene ring substituents is 1. The van der Waals surface area contributed by atoms with Crippen molar-refractivity contribution in [1.82, 2.24) is 0 Å². The van der Waals surface area contributed by atoms with Crippen molar-refractivity contribution in [3.63, 3.8) is 0 Å². The van der Waals surface area contributed by atoms with Crippen molar-refractivity contribution in [2.75, 3.05) is 6.61 Å². The lowest BCUT2D eigenvalue weighted by Crippen LogP contribution is -2.31. The number of rotatable bonds is 7. The molecule has 130 valence electrons. The average molecular weight is 341 g/mol. The van der Waals surface area contributed by atoms with Gasteiger partial charge in [-0.05, 0) is 25.0 Å². The molecule has 0 aliphatic heterocycles. The maximum atomic E-state index is 12.4. The number of nitro benzene ring substituents is 1. The van der Waals surface area contributed by atoms with Gasteiger partial charge < -0.3 is 4.74 Å². The highest BCUT2D eigenvalue weighted by atomic mass is 16.6. The molecular weight excluding hydrogens is 322 g/mol. The van der Waals surface area contributed by atoms with Crippen LogP contribution in [0.1, 0.15) is 30.9 Å². The van der Waals surface area contributed by atoms with E-state index < -0.39 is 22.7 Å². The standard InChI is InChI=1S/C19H19NO5/c1-3-25-19(22)17(13(2)21)18(14-7-5-4-6-8-14)15-9-11-16(12-10-15)20(23)24/h4-12,17-18H,3H2,1-2H3. The molecule has 6 heteroatoms. The van der Waals surface area contributed by atoms with Gasteiger partial charge in [0.2, 0.25) is 0 Å². The Balaban J connectivity index is 2.54. The molecule has 0 amide bonds. The number of Topliss-reactive ketones (excluding diaryl/α,β-unsaturated/α-hetero) is 1. The van der Waals surface area contributed by atoms with Gasteiger partial charge in [0.25, 0.3) is 5.69 Å². The second-order valence-corrected chi connectivity index (χ2v) is 5.58. The molecule has 6 nitrogen and oxygen atoms in total. The van der Waals surface area contributed by atoms with Gasteiger partial charge in [-0.3, -0.25) is 19.7 Å². The zero-order valence-corrected chi connectivity index (χ0v) is 14.0. The summed E-state index contributed by atoms with van der Waals surface area (Å²) in [5, 5.41) is 10.9. The second kappa shape index (κ2) is 8.19. The summed E-state index contributed by atoms with van der Waals surface area (Å²) in [6.07, 6.45) is 0. The second-order valence-electron chi connectivity index (χ2n) is 5.58. The normalized spacial score (nSPS) is 12.9. The monoisotopic (exact) mass is 341 g/mol. The Kier molecular flexibility index (Phi) is 6.00. The topological polar surface area (TPSA) is 86.5 Å². The third kappa shape index (κ3) is 4.29. The van der Waals surface area contributed by atoms with Crippen molar-refractivity contribution < 1.29 is 19.2 Å². The Morgan fingerprint density at radius 2 is 1.60 bits per heavy atom. The highest BCUT2D eigenvalue weighted by Gasteiger charge is 2.36. The number of nitrogens with zero attached hydrogens (tertiary/aromatic N) is 1. The van der Waals surface area contributed by atoms with Crippen LogP contribution in [-0.2, 0) is 14.3 Å². The minimum atomic E-state index is -1.01. The molecule has 0 spiro atoms. The fraction of sp³-hybridized carbons (Fsp3) is 0.263. The van der Waals surface area contributed by atoms with Gasteiger partial charge in [-0.15, -0.1) is 0 Å². The highest BCUT2D eigenvalue weighted by molar-refractivity contribution is 5.99. The van der Waals surface area contributed by atoms with Crippen LogP contribution in [0, 0.1) is 16.0 Å². The number of hydrogen-bond donors (Lipinski definition) is 0. The number of benzene rings is 2. The lowest BCUT2D eigenvalue weighted by atomic mass is 9.79. The van der Waals surface area contributed by atoms with E-state index in [1.165, 1.54) is 19.1 Å². The summed E-state index contributed by atoms with van der Waals surface area (Å²) in [6.45, 7) is 3.20.